The molecule has 24 heavy (non-hydrogen) atoms. The summed E-state index contributed by atoms with van der Waals surface area (Å²) < 4.78 is 10.7. The van der Waals surface area contributed by atoms with Crippen molar-refractivity contribution in [2.75, 3.05) is 13.2 Å². The van der Waals surface area contributed by atoms with Gasteiger partial charge in [0.05, 0.1) is 6.61 Å². The Morgan fingerprint density at radius 2 is 1.58 bits per heavy atom. The molecule has 0 aliphatic rings. The summed E-state index contributed by atoms with van der Waals surface area (Å²) in [6.45, 7) is 2.26. The van der Waals surface area contributed by atoms with Crippen LogP contribution in [0.4, 0.5) is 0 Å². The predicted molar refractivity (Wildman–Crippen MR) is 89.6 cm³/mol. The van der Waals surface area contributed by atoms with Crippen LogP contribution in [-0.2, 0) is 9.59 Å². The normalized spacial score (nSPS) is 11.4. The molecule has 3 N–H and O–H groups in total. The van der Waals surface area contributed by atoms with Crippen molar-refractivity contribution in [3.8, 4) is 11.5 Å². The molecule has 0 heterocycles. The summed E-state index contributed by atoms with van der Waals surface area (Å²) in [5.41, 5.74) is 5.99. The SMILES string of the molecule is CCOc1ccc(OCC(=O)NC(C(N)=O)c2ccccc2)cc1. The third-order valence-electron chi connectivity index (χ3n) is 3.23. The van der Waals surface area contributed by atoms with E-state index < -0.39 is 17.9 Å². The van der Waals surface area contributed by atoms with Crippen LogP contribution in [0.1, 0.15) is 18.5 Å². The van der Waals surface area contributed by atoms with Crippen molar-refractivity contribution in [3.63, 3.8) is 0 Å². The molecule has 2 amide bonds. The van der Waals surface area contributed by atoms with Gasteiger partial charge in [-0.25, -0.2) is 0 Å². The molecule has 0 aliphatic heterocycles. The fourth-order valence-electron chi connectivity index (χ4n) is 2.11. The minimum Gasteiger partial charge on any atom is -0.494 e. The van der Waals surface area contributed by atoms with Crippen molar-refractivity contribution in [1.82, 2.24) is 5.32 Å². The van der Waals surface area contributed by atoms with Gasteiger partial charge in [-0.05, 0) is 36.8 Å². The van der Waals surface area contributed by atoms with Crippen LogP contribution in [0, 0.1) is 0 Å². The van der Waals surface area contributed by atoms with E-state index in [0.717, 1.165) is 5.75 Å². The number of hydrogen-bond acceptors (Lipinski definition) is 4. The Morgan fingerprint density at radius 1 is 1.00 bits per heavy atom. The molecular weight excluding hydrogens is 308 g/mol. The maximum Gasteiger partial charge on any atom is 0.258 e. The van der Waals surface area contributed by atoms with E-state index in [2.05, 4.69) is 5.32 Å². The number of hydrogen-bond donors (Lipinski definition) is 2. The quantitative estimate of drug-likeness (QED) is 0.773. The number of ether oxygens (including phenoxy) is 2. The molecule has 0 radical (unpaired) electrons. The molecule has 0 bridgehead atoms. The Hall–Kier alpha value is -3.02. The Balaban J connectivity index is 1.90. The molecule has 0 fully saturated rings. The monoisotopic (exact) mass is 328 g/mol. The lowest BCUT2D eigenvalue weighted by molar-refractivity contribution is -0.128. The molecule has 1 atom stereocenters. The van der Waals surface area contributed by atoms with Gasteiger partial charge in [-0.2, -0.15) is 0 Å². The smallest absolute Gasteiger partial charge is 0.258 e. The molecule has 0 saturated heterocycles. The van der Waals surface area contributed by atoms with Gasteiger partial charge < -0.3 is 20.5 Å². The molecule has 6 nitrogen and oxygen atoms in total. The van der Waals surface area contributed by atoms with Gasteiger partial charge in [0.25, 0.3) is 5.91 Å². The number of nitrogens with two attached hydrogens (primary N) is 1. The van der Waals surface area contributed by atoms with Gasteiger partial charge in [0.1, 0.15) is 17.5 Å². The molecule has 2 rings (SSSR count). The number of amides is 2. The fraction of sp³-hybridized carbons (Fsp3) is 0.222. The molecular formula is C18H20N2O4. The van der Waals surface area contributed by atoms with Crippen LogP contribution in [-0.4, -0.2) is 25.0 Å². The third kappa shape index (κ3) is 5.01. The first-order valence-corrected chi connectivity index (χ1v) is 7.59. The second-order valence-corrected chi connectivity index (χ2v) is 5.01. The number of carbonyl (C=O) groups excluding carboxylic acids is 2. The molecule has 0 saturated carbocycles. The van der Waals surface area contributed by atoms with Crippen LogP contribution in [0.5, 0.6) is 11.5 Å². The standard InChI is InChI=1S/C18H20N2O4/c1-2-23-14-8-10-15(11-9-14)24-12-16(21)20-17(18(19)22)13-6-4-3-5-7-13/h3-11,17H,2,12H2,1H3,(H2,19,22)(H,20,21). The fourth-order valence-corrected chi connectivity index (χ4v) is 2.11. The van der Waals surface area contributed by atoms with Gasteiger partial charge in [0.15, 0.2) is 6.61 Å². The summed E-state index contributed by atoms with van der Waals surface area (Å²) in [6, 6.07) is 14.9. The van der Waals surface area contributed by atoms with E-state index in [1.54, 1.807) is 48.5 Å². The summed E-state index contributed by atoms with van der Waals surface area (Å²) >= 11 is 0. The Morgan fingerprint density at radius 3 is 2.12 bits per heavy atom. The van der Waals surface area contributed by atoms with Crippen LogP contribution >= 0.6 is 0 Å². The lowest BCUT2D eigenvalue weighted by Crippen LogP contribution is -2.39. The highest BCUT2D eigenvalue weighted by Crippen LogP contribution is 2.17. The zero-order valence-electron chi connectivity index (χ0n) is 13.4. The number of benzene rings is 2. The molecule has 0 spiro atoms. The second-order valence-electron chi connectivity index (χ2n) is 5.01. The summed E-state index contributed by atoms with van der Waals surface area (Å²) in [6.07, 6.45) is 0. The van der Waals surface area contributed by atoms with Crippen molar-refractivity contribution in [1.29, 1.82) is 0 Å². The Labute approximate surface area is 140 Å². The number of primary amides is 1. The Bertz CT molecular complexity index is 671. The molecule has 0 aliphatic carbocycles. The lowest BCUT2D eigenvalue weighted by atomic mass is 10.1. The average Bonchev–Trinajstić information content (AvgIpc) is 2.60. The number of nitrogens with one attached hydrogen (secondary N) is 1. The van der Waals surface area contributed by atoms with Crippen molar-refractivity contribution >= 4 is 11.8 Å². The van der Waals surface area contributed by atoms with Crippen LogP contribution in [0.2, 0.25) is 0 Å². The van der Waals surface area contributed by atoms with Crippen LogP contribution in [0.3, 0.4) is 0 Å². The minimum atomic E-state index is -0.886. The van der Waals surface area contributed by atoms with Gasteiger partial charge in [-0.1, -0.05) is 30.3 Å². The summed E-state index contributed by atoms with van der Waals surface area (Å²) in [5.74, 6) is 0.197. The maximum absolute atomic E-state index is 12.0. The molecule has 126 valence electrons. The largest absolute Gasteiger partial charge is 0.494 e. The Kier molecular flexibility index (Phi) is 6.19. The topological polar surface area (TPSA) is 90.7 Å². The van der Waals surface area contributed by atoms with Crippen LogP contribution in [0.25, 0.3) is 0 Å². The summed E-state index contributed by atoms with van der Waals surface area (Å²) in [5, 5.41) is 2.57. The van der Waals surface area contributed by atoms with E-state index in [0.29, 0.717) is 17.9 Å². The van der Waals surface area contributed by atoms with Crippen molar-refractivity contribution in [2.24, 2.45) is 5.73 Å². The van der Waals surface area contributed by atoms with Crippen molar-refractivity contribution < 1.29 is 19.1 Å². The molecule has 0 aromatic heterocycles. The number of rotatable bonds is 8. The van der Waals surface area contributed by atoms with Gasteiger partial charge >= 0.3 is 0 Å². The number of carbonyl (C=O) groups is 2. The maximum atomic E-state index is 12.0. The summed E-state index contributed by atoms with van der Waals surface area (Å²) in [4.78, 5) is 23.6. The van der Waals surface area contributed by atoms with Gasteiger partial charge in [-0.15, -0.1) is 0 Å². The van der Waals surface area contributed by atoms with Crippen LogP contribution in [0.15, 0.2) is 54.6 Å². The van der Waals surface area contributed by atoms with E-state index in [4.69, 9.17) is 15.2 Å². The first kappa shape index (κ1) is 17.3. The highest BCUT2D eigenvalue weighted by Gasteiger charge is 2.20. The highest BCUT2D eigenvalue weighted by atomic mass is 16.5. The predicted octanol–water partition coefficient (Wildman–Crippen LogP) is 1.81. The zero-order valence-corrected chi connectivity index (χ0v) is 13.4. The molecule has 1 unspecified atom stereocenters. The van der Waals surface area contributed by atoms with E-state index in [1.165, 1.54) is 0 Å². The molecule has 6 heteroatoms. The third-order valence-corrected chi connectivity index (χ3v) is 3.23. The first-order valence-electron chi connectivity index (χ1n) is 7.59. The van der Waals surface area contributed by atoms with Crippen molar-refractivity contribution in [2.45, 2.75) is 13.0 Å². The lowest BCUT2D eigenvalue weighted by Gasteiger charge is -2.16. The minimum absolute atomic E-state index is 0.218. The summed E-state index contributed by atoms with van der Waals surface area (Å²) in [7, 11) is 0. The average molecular weight is 328 g/mol. The van der Waals surface area contributed by atoms with Gasteiger partial charge in [-0.3, -0.25) is 9.59 Å². The van der Waals surface area contributed by atoms with Crippen molar-refractivity contribution in [3.05, 3.63) is 60.2 Å². The van der Waals surface area contributed by atoms with E-state index >= 15 is 0 Å². The molecule has 2 aromatic carbocycles. The first-order chi connectivity index (χ1) is 11.6. The van der Waals surface area contributed by atoms with E-state index in [-0.39, 0.29) is 6.61 Å². The van der Waals surface area contributed by atoms with Crippen LogP contribution < -0.4 is 20.5 Å². The van der Waals surface area contributed by atoms with Gasteiger partial charge in [0.2, 0.25) is 5.91 Å². The zero-order chi connectivity index (χ0) is 17.4. The van der Waals surface area contributed by atoms with Gasteiger partial charge in [0, 0.05) is 0 Å². The van der Waals surface area contributed by atoms with E-state index in [1.807, 2.05) is 13.0 Å². The molecule has 2 aromatic rings. The second kappa shape index (κ2) is 8.57. The van der Waals surface area contributed by atoms with E-state index in [9.17, 15) is 9.59 Å². The highest BCUT2D eigenvalue weighted by molar-refractivity contribution is 5.88.